The SMILES string of the molecule is CCOC(=O)c1cnn(-c2nc(Br)cn3ccnc23)c1. The maximum absolute atomic E-state index is 11.6. The van der Waals surface area contributed by atoms with Gasteiger partial charge in [0.2, 0.25) is 0 Å². The zero-order chi connectivity index (χ0) is 14.1. The van der Waals surface area contributed by atoms with Crippen molar-refractivity contribution in [3.05, 3.63) is 41.2 Å². The van der Waals surface area contributed by atoms with Crippen molar-refractivity contribution in [1.29, 1.82) is 0 Å². The Balaban J connectivity index is 2.07. The molecule has 0 radical (unpaired) electrons. The van der Waals surface area contributed by atoms with Gasteiger partial charge in [-0.15, -0.1) is 0 Å². The first kappa shape index (κ1) is 12.8. The summed E-state index contributed by atoms with van der Waals surface area (Å²) in [5.74, 6) is 0.119. The summed E-state index contributed by atoms with van der Waals surface area (Å²) in [6.45, 7) is 2.08. The van der Waals surface area contributed by atoms with E-state index < -0.39 is 5.97 Å². The Hall–Kier alpha value is -2.22. The third-order valence-electron chi connectivity index (χ3n) is 2.64. The van der Waals surface area contributed by atoms with Gasteiger partial charge in [-0.3, -0.25) is 0 Å². The molecule has 3 rings (SSSR count). The van der Waals surface area contributed by atoms with E-state index in [1.165, 1.54) is 10.9 Å². The molecule has 0 unspecified atom stereocenters. The standard InChI is InChI=1S/C12H10BrN5O2/c1-2-20-12(19)8-5-15-18(6-8)11-10-14-3-4-17(10)7-9(13)16-11/h3-7H,2H2,1H3. The van der Waals surface area contributed by atoms with E-state index in [0.717, 1.165) is 0 Å². The quantitative estimate of drug-likeness (QED) is 0.683. The van der Waals surface area contributed by atoms with E-state index in [0.29, 0.717) is 28.2 Å². The normalized spacial score (nSPS) is 10.9. The Morgan fingerprint density at radius 3 is 3.10 bits per heavy atom. The van der Waals surface area contributed by atoms with E-state index in [2.05, 4.69) is 31.0 Å². The highest BCUT2D eigenvalue weighted by Crippen LogP contribution is 2.16. The molecule has 7 nitrogen and oxygen atoms in total. The Morgan fingerprint density at radius 1 is 1.45 bits per heavy atom. The molecule has 3 heterocycles. The first-order chi connectivity index (χ1) is 9.69. The molecule has 0 saturated heterocycles. The number of rotatable bonds is 3. The van der Waals surface area contributed by atoms with Gasteiger partial charge in [0.05, 0.1) is 18.4 Å². The molecule has 0 atom stereocenters. The first-order valence-corrected chi connectivity index (χ1v) is 6.69. The van der Waals surface area contributed by atoms with Crippen LogP contribution in [0.5, 0.6) is 0 Å². The number of nitrogens with zero attached hydrogens (tertiary/aromatic N) is 5. The number of carbonyl (C=O) groups is 1. The molecular formula is C12H10BrN5O2. The Morgan fingerprint density at radius 2 is 2.30 bits per heavy atom. The van der Waals surface area contributed by atoms with Gasteiger partial charge in [-0.25, -0.2) is 19.4 Å². The molecule has 102 valence electrons. The Labute approximate surface area is 122 Å². The van der Waals surface area contributed by atoms with Crippen LogP contribution in [0.1, 0.15) is 17.3 Å². The van der Waals surface area contributed by atoms with Crippen molar-refractivity contribution in [3.63, 3.8) is 0 Å². The highest BCUT2D eigenvalue weighted by Gasteiger charge is 2.14. The van der Waals surface area contributed by atoms with Crippen molar-refractivity contribution in [2.24, 2.45) is 0 Å². The van der Waals surface area contributed by atoms with Crippen LogP contribution in [0.4, 0.5) is 0 Å². The zero-order valence-corrected chi connectivity index (χ0v) is 12.1. The number of halogens is 1. The number of hydrogen-bond acceptors (Lipinski definition) is 5. The second-order valence-corrected chi connectivity index (χ2v) is 4.75. The van der Waals surface area contributed by atoms with Gasteiger partial charge in [-0.1, -0.05) is 0 Å². The predicted molar refractivity (Wildman–Crippen MR) is 73.8 cm³/mol. The molecule has 3 aromatic rings. The summed E-state index contributed by atoms with van der Waals surface area (Å²) in [6.07, 6.45) is 8.28. The summed E-state index contributed by atoms with van der Waals surface area (Å²) in [7, 11) is 0. The number of hydrogen-bond donors (Lipinski definition) is 0. The van der Waals surface area contributed by atoms with Crippen LogP contribution >= 0.6 is 15.9 Å². The van der Waals surface area contributed by atoms with Crippen molar-refractivity contribution >= 4 is 27.5 Å². The maximum Gasteiger partial charge on any atom is 0.341 e. The van der Waals surface area contributed by atoms with Crippen molar-refractivity contribution < 1.29 is 9.53 Å². The van der Waals surface area contributed by atoms with Crippen molar-refractivity contribution in [1.82, 2.24) is 24.1 Å². The zero-order valence-electron chi connectivity index (χ0n) is 10.5. The molecule has 20 heavy (non-hydrogen) atoms. The third-order valence-corrected chi connectivity index (χ3v) is 3.02. The third kappa shape index (κ3) is 2.18. The minimum atomic E-state index is -0.409. The number of esters is 1. The molecule has 0 N–H and O–H groups in total. The van der Waals surface area contributed by atoms with Crippen LogP contribution < -0.4 is 0 Å². The van der Waals surface area contributed by atoms with Gasteiger partial charge in [0.15, 0.2) is 11.5 Å². The lowest BCUT2D eigenvalue weighted by Gasteiger charge is -2.03. The number of carbonyl (C=O) groups excluding carboxylic acids is 1. The molecule has 0 aliphatic heterocycles. The van der Waals surface area contributed by atoms with Crippen molar-refractivity contribution in [2.75, 3.05) is 6.61 Å². The minimum Gasteiger partial charge on any atom is -0.462 e. The largest absolute Gasteiger partial charge is 0.462 e. The lowest BCUT2D eigenvalue weighted by Crippen LogP contribution is -2.04. The van der Waals surface area contributed by atoms with Crippen LogP contribution in [-0.4, -0.2) is 36.7 Å². The highest BCUT2D eigenvalue weighted by atomic mass is 79.9. The van der Waals surface area contributed by atoms with Crippen molar-refractivity contribution in [3.8, 4) is 5.82 Å². The van der Waals surface area contributed by atoms with Crippen LogP contribution in [0.3, 0.4) is 0 Å². The van der Waals surface area contributed by atoms with Crippen LogP contribution in [0.25, 0.3) is 11.5 Å². The maximum atomic E-state index is 11.6. The average molecular weight is 336 g/mol. The number of fused-ring (bicyclic) bond motifs is 1. The summed E-state index contributed by atoms with van der Waals surface area (Å²) >= 11 is 3.33. The first-order valence-electron chi connectivity index (χ1n) is 5.90. The Kier molecular flexibility index (Phi) is 3.23. The molecule has 0 aliphatic carbocycles. The van der Waals surface area contributed by atoms with Gasteiger partial charge in [0.25, 0.3) is 0 Å². The van der Waals surface area contributed by atoms with Gasteiger partial charge in [0.1, 0.15) is 4.60 Å². The van der Waals surface area contributed by atoms with E-state index in [1.54, 1.807) is 31.7 Å². The fourth-order valence-electron chi connectivity index (χ4n) is 1.80. The minimum absolute atomic E-state index is 0.323. The molecule has 0 saturated carbocycles. The summed E-state index contributed by atoms with van der Waals surface area (Å²) in [5, 5.41) is 4.14. The van der Waals surface area contributed by atoms with Gasteiger partial charge >= 0.3 is 5.97 Å². The van der Waals surface area contributed by atoms with Gasteiger partial charge in [-0.05, 0) is 22.9 Å². The molecule has 8 heteroatoms. The lowest BCUT2D eigenvalue weighted by molar-refractivity contribution is 0.0526. The number of ether oxygens (including phenoxy) is 1. The van der Waals surface area contributed by atoms with E-state index in [9.17, 15) is 4.79 Å². The predicted octanol–water partition coefficient (Wildman–Crippen LogP) is 1.85. The van der Waals surface area contributed by atoms with E-state index >= 15 is 0 Å². The van der Waals surface area contributed by atoms with Crippen LogP contribution in [0, 0.1) is 0 Å². The fourth-order valence-corrected chi connectivity index (χ4v) is 2.19. The lowest BCUT2D eigenvalue weighted by atomic mass is 10.4. The summed E-state index contributed by atoms with van der Waals surface area (Å²) in [5.41, 5.74) is 1.02. The molecule has 0 bridgehead atoms. The highest BCUT2D eigenvalue weighted by molar-refractivity contribution is 9.10. The van der Waals surface area contributed by atoms with Crippen LogP contribution in [0.2, 0.25) is 0 Å². The van der Waals surface area contributed by atoms with Gasteiger partial charge in [-0.2, -0.15) is 5.10 Å². The summed E-state index contributed by atoms with van der Waals surface area (Å²) in [4.78, 5) is 20.2. The second kappa shape index (κ2) is 5.04. The van der Waals surface area contributed by atoms with Crippen molar-refractivity contribution in [2.45, 2.75) is 6.92 Å². The molecule has 0 fully saturated rings. The smallest absolute Gasteiger partial charge is 0.341 e. The van der Waals surface area contributed by atoms with E-state index in [4.69, 9.17) is 4.74 Å². The molecule has 0 aliphatic rings. The van der Waals surface area contributed by atoms with Crippen LogP contribution in [-0.2, 0) is 4.74 Å². The summed E-state index contributed by atoms with van der Waals surface area (Å²) in [6, 6.07) is 0. The number of aromatic nitrogens is 5. The fraction of sp³-hybridized carbons (Fsp3) is 0.167. The molecule has 3 aromatic heterocycles. The second-order valence-electron chi connectivity index (χ2n) is 3.94. The monoisotopic (exact) mass is 335 g/mol. The topological polar surface area (TPSA) is 74.3 Å². The average Bonchev–Trinajstić information content (AvgIpc) is 3.06. The summed E-state index contributed by atoms with van der Waals surface area (Å²) < 4.78 is 8.89. The van der Waals surface area contributed by atoms with Gasteiger partial charge < -0.3 is 9.14 Å². The Bertz CT molecular complexity index is 779. The molecule has 0 spiro atoms. The van der Waals surface area contributed by atoms with Crippen LogP contribution in [0.15, 0.2) is 35.6 Å². The molecule has 0 amide bonds. The number of imidazole rings is 1. The van der Waals surface area contributed by atoms with E-state index in [1.807, 2.05) is 4.40 Å². The molecular weight excluding hydrogens is 326 g/mol. The van der Waals surface area contributed by atoms with E-state index in [-0.39, 0.29) is 0 Å². The molecule has 0 aromatic carbocycles. The van der Waals surface area contributed by atoms with Gasteiger partial charge in [0, 0.05) is 24.8 Å².